The molecule has 1 aliphatic heterocycles. The maximum absolute atomic E-state index is 14.4. The van der Waals surface area contributed by atoms with Crippen molar-refractivity contribution in [3.8, 4) is 22.6 Å². The molecule has 19 heavy (non-hydrogen) atoms. The lowest BCUT2D eigenvalue weighted by atomic mass is 9.91. The second kappa shape index (κ2) is 3.88. The van der Waals surface area contributed by atoms with Gasteiger partial charge in [0.2, 0.25) is 6.79 Å². The maximum atomic E-state index is 14.4. The third kappa shape index (κ3) is 1.89. The minimum absolute atomic E-state index is 0.145. The van der Waals surface area contributed by atoms with Crippen LogP contribution in [0.15, 0.2) is 18.3 Å². The molecule has 0 atom stereocenters. The van der Waals surface area contributed by atoms with E-state index in [0.29, 0.717) is 34.0 Å². The van der Waals surface area contributed by atoms with Crippen molar-refractivity contribution in [1.82, 2.24) is 10.2 Å². The molecule has 1 aliphatic rings. The number of nitrogens with two attached hydrogens (primary N) is 1. The average Bonchev–Trinajstić information content (AvgIpc) is 2.93. The highest BCUT2D eigenvalue weighted by Crippen LogP contribution is 2.44. The fraction of sp³-hybridized carbons (Fsp3) is 0.308. The molecule has 3 rings (SSSR count). The molecular formula is C13H14FN3O2. The second-order valence-corrected chi connectivity index (χ2v) is 4.92. The molecule has 6 heteroatoms. The lowest BCUT2D eigenvalue weighted by molar-refractivity contribution is 0.173. The summed E-state index contributed by atoms with van der Waals surface area (Å²) in [5.41, 5.74) is 6.09. The minimum atomic E-state index is -1.53. The molecule has 1 aromatic carbocycles. The fourth-order valence-electron chi connectivity index (χ4n) is 2.17. The minimum Gasteiger partial charge on any atom is -0.454 e. The van der Waals surface area contributed by atoms with E-state index >= 15 is 0 Å². The number of fused-ring (bicyclic) bond motifs is 1. The van der Waals surface area contributed by atoms with Gasteiger partial charge in [0.1, 0.15) is 11.5 Å². The molecule has 0 aliphatic carbocycles. The van der Waals surface area contributed by atoms with Crippen LogP contribution < -0.4 is 15.2 Å². The number of aromatic amines is 1. The van der Waals surface area contributed by atoms with Gasteiger partial charge in [-0.05, 0) is 31.5 Å². The summed E-state index contributed by atoms with van der Waals surface area (Å²) in [6.45, 7) is 3.13. The van der Waals surface area contributed by atoms with Gasteiger partial charge in [0.05, 0.1) is 6.20 Å². The molecular weight excluding hydrogens is 249 g/mol. The molecule has 2 aromatic rings. The zero-order valence-corrected chi connectivity index (χ0v) is 10.7. The van der Waals surface area contributed by atoms with Gasteiger partial charge >= 0.3 is 0 Å². The molecule has 0 saturated heterocycles. The lowest BCUT2D eigenvalue weighted by Crippen LogP contribution is -2.11. The summed E-state index contributed by atoms with van der Waals surface area (Å²) < 4.78 is 25.0. The van der Waals surface area contributed by atoms with Crippen molar-refractivity contribution >= 4 is 5.82 Å². The van der Waals surface area contributed by atoms with E-state index in [1.165, 1.54) is 13.8 Å². The molecule has 3 N–H and O–H groups in total. The summed E-state index contributed by atoms with van der Waals surface area (Å²) in [7, 11) is 0. The Morgan fingerprint density at radius 3 is 2.53 bits per heavy atom. The summed E-state index contributed by atoms with van der Waals surface area (Å²) in [6, 6.07) is 3.39. The van der Waals surface area contributed by atoms with Gasteiger partial charge in [-0.1, -0.05) is 0 Å². The number of aromatic nitrogens is 2. The van der Waals surface area contributed by atoms with Crippen LogP contribution >= 0.6 is 0 Å². The van der Waals surface area contributed by atoms with Crippen molar-refractivity contribution in [2.75, 3.05) is 12.5 Å². The monoisotopic (exact) mass is 263 g/mol. The molecule has 0 unspecified atom stereocenters. The Morgan fingerprint density at radius 1 is 1.26 bits per heavy atom. The lowest BCUT2D eigenvalue weighted by Gasteiger charge is -2.19. The van der Waals surface area contributed by atoms with Crippen LogP contribution in [-0.4, -0.2) is 17.0 Å². The van der Waals surface area contributed by atoms with Gasteiger partial charge in [-0.25, -0.2) is 4.39 Å². The van der Waals surface area contributed by atoms with Crippen LogP contribution in [0.5, 0.6) is 11.5 Å². The van der Waals surface area contributed by atoms with Gasteiger partial charge in [0.25, 0.3) is 0 Å². The Kier molecular flexibility index (Phi) is 2.41. The first kappa shape index (κ1) is 11.8. The second-order valence-electron chi connectivity index (χ2n) is 4.92. The molecule has 0 radical (unpaired) electrons. The van der Waals surface area contributed by atoms with Crippen molar-refractivity contribution in [2.24, 2.45) is 0 Å². The summed E-state index contributed by atoms with van der Waals surface area (Å²) in [6.07, 6.45) is 1.57. The molecule has 100 valence electrons. The normalized spacial score (nSPS) is 13.8. The molecule has 0 saturated carbocycles. The molecule has 0 spiro atoms. The van der Waals surface area contributed by atoms with Gasteiger partial charge in [-0.15, -0.1) is 0 Å². The van der Waals surface area contributed by atoms with Crippen molar-refractivity contribution in [3.63, 3.8) is 0 Å². The van der Waals surface area contributed by atoms with Crippen LogP contribution in [0.4, 0.5) is 10.2 Å². The number of nitrogen functional groups attached to an aromatic ring is 1. The number of rotatable bonds is 2. The standard InChI is InChI=1S/C13H14FN3O2/c1-13(2,14)9-4-11-10(18-6-19-11)3-7(9)8-5-16-17-12(8)15/h3-5H,6H2,1-2H3,(H3,15,16,17). The third-order valence-corrected chi connectivity index (χ3v) is 3.11. The Hall–Kier alpha value is -2.24. The molecule has 1 aromatic heterocycles. The maximum Gasteiger partial charge on any atom is 0.231 e. The number of hydrogen-bond donors (Lipinski definition) is 2. The number of nitrogens with one attached hydrogen (secondary N) is 1. The Bertz CT molecular complexity index is 631. The SMILES string of the molecule is CC(C)(F)c1cc2c(cc1-c1cn[nH]c1N)OCO2. The Labute approximate surface area is 109 Å². The largest absolute Gasteiger partial charge is 0.454 e. The quantitative estimate of drug-likeness (QED) is 0.873. The molecule has 2 heterocycles. The van der Waals surface area contributed by atoms with Crippen molar-refractivity contribution in [1.29, 1.82) is 0 Å². The molecule has 0 bridgehead atoms. The van der Waals surface area contributed by atoms with Gasteiger partial charge in [-0.2, -0.15) is 5.10 Å². The highest BCUT2D eigenvalue weighted by Gasteiger charge is 2.28. The summed E-state index contributed by atoms with van der Waals surface area (Å²) in [5, 5.41) is 6.52. The summed E-state index contributed by atoms with van der Waals surface area (Å²) in [4.78, 5) is 0. The first-order valence-electron chi connectivity index (χ1n) is 5.89. The first-order valence-corrected chi connectivity index (χ1v) is 5.89. The van der Waals surface area contributed by atoms with E-state index < -0.39 is 5.67 Å². The Morgan fingerprint density at radius 2 is 1.95 bits per heavy atom. The number of hydrogen-bond acceptors (Lipinski definition) is 4. The zero-order valence-electron chi connectivity index (χ0n) is 10.7. The van der Waals surface area contributed by atoms with Gasteiger partial charge in [0, 0.05) is 11.1 Å². The van der Waals surface area contributed by atoms with E-state index in [9.17, 15) is 4.39 Å². The van der Waals surface area contributed by atoms with Crippen LogP contribution in [0, 0.1) is 0 Å². The molecule has 0 fully saturated rings. The highest BCUT2D eigenvalue weighted by molar-refractivity contribution is 5.79. The number of nitrogens with zero attached hydrogens (tertiary/aromatic N) is 1. The van der Waals surface area contributed by atoms with Crippen LogP contribution in [0.1, 0.15) is 19.4 Å². The van der Waals surface area contributed by atoms with E-state index in [0.717, 1.165) is 0 Å². The molecule has 5 nitrogen and oxygen atoms in total. The number of halogens is 1. The van der Waals surface area contributed by atoms with Gasteiger partial charge in [-0.3, -0.25) is 5.10 Å². The highest BCUT2D eigenvalue weighted by atomic mass is 19.1. The summed E-state index contributed by atoms with van der Waals surface area (Å²) >= 11 is 0. The van der Waals surface area contributed by atoms with Gasteiger partial charge < -0.3 is 15.2 Å². The first-order chi connectivity index (χ1) is 8.97. The topological polar surface area (TPSA) is 73.2 Å². The van der Waals surface area contributed by atoms with Crippen LogP contribution in [0.25, 0.3) is 11.1 Å². The van der Waals surface area contributed by atoms with Crippen molar-refractivity contribution < 1.29 is 13.9 Å². The van der Waals surface area contributed by atoms with Crippen LogP contribution in [0.3, 0.4) is 0 Å². The van der Waals surface area contributed by atoms with Crippen molar-refractivity contribution in [3.05, 3.63) is 23.9 Å². The summed E-state index contributed by atoms with van der Waals surface area (Å²) in [5.74, 6) is 1.53. The smallest absolute Gasteiger partial charge is 0.231 e. The molecule has 0 amide bonds. The number of alkyl halides is 1. The number of benzene rings is 1. The van der Waals surface area contributed by atoms with Crippen molar-refractivity contribution in [2.45, 2.75) is 19.5 Å². The predicted molar refractivity (Wildman–Crippen MR) is 68.7 cm³/mol. The predicted octanol–water partition coefficient (Wildman–Crippen LogP) is 2.59. The van der Waals surface area contributed by atoms with Crippen LogP contribution in [-0.2, 0) is 5.67 Å². The third-order valence-electron chi connectivity index (χ3n) is 3.11. The van der Waals surface area contributed by atoms with E-state index in [1.54, 1.807) is 18.3 Å². The zero-order chi connectivity index (χ0) is 13.6. The Balaban J connectivity index is 2.25. The van der Waals surface area contributed by atoms with E-state index in [2.05, 4.69) is 10.2 Å². The number of ether oxygens (including phenoxy) is 2. The van der Waals surface area contributed by atoms with Crippen LogP contribution in [0.2, 0.25) is 0 Å². The van der Waals surface area contributed by atoms with E-state index in [4.69, 9.17) is 15.2 Å². The number of H-pyrrole nitrogens is 1. The van der Waals surface area contributed by atoms with Gasteiger partial charge in [0.15, 0.2) is 11.5 Å². The van der Waals surface area contributed by atoms with E-state index in [-0.39, 0.29) is 6.79 Å². The number of anilines is 1. The van der Waals surface area contributed by atoms with E-state index in [1.807, 2.05) is 0 Å². The average molecular weight is 263 g/mol. The fourth-order valence-corrected chi connectivity index (χ4v) is 2.17.